The molecule has 1 aliphatic rings. The predicted octanol–water partition coefficient (Wildman–Crippen LogP) is 2.62. The maximum absolute atomic E-state index is 14.2. The van der Waals surface area contributed by atoms with Crippen molar-refractivity contribution >= 4 is 15.9 Å². The summed E-state index contributed by atoms with van der Waals surface area (Å²) in [6, 6.07) is 5.34. The number of ether oxygens (including phenoxy) is 1. The summed E-state index contributed by atoms with van der Waals surface area (Å²) in [5.74, 6) is -3.88. The Morgan fingerprint density at radius 2 is 1.69 bits per heavy atom. The van der Waals surface area contributed by atoms with Crippen LogP contribution in [-0.2, 0) is 14.8 Å². The summed E-state index contributed by atoms with van der Waals surface area (Å²) in [7, 11) is -3.91. The van der Waals surface area contributed by atoms with Crippen LogP contribution in [0.2, 0.25) is 0 Å². The Morgan fingerprint density at radius 3 is 2.34 bits per heavy atom. The van der Waals surface area contributed by atoms with Crippen molar-refractivity contribution in [1.29, 1.82) is 0 Å². The van der Waals surface area contributed by atoms with Crippen LogP contribution in [0.3, 0.4) is 0 Å². The third kappa shape index (κ3) is 4.60. The van der Waals surface area contributed by atoms with E-state index in [4.69, 9.17) is 4.74 Å². The van der Waals surface area contributed by atoms with Crippen molar-refractivity contribution in [3.8, 4) is 0 Å². The maximum Gasteiger partial charge on any atom is 0.254 e. The van der Waals surface area contributed by atoms with Crippen molar-refractivity contribution in [2.45, 2.75) is 17.9 Å². The molecule has 2 aromatic rings. The minimum Gasteiger partial charge on any atom is -0.379 e. The molecule has 1 unspecified atom stereocenters. The first-order chi connectivity index (χ1) is 13.7. The number of hydrogen-bond acceptors (Lipinski definition) is 4. The standard InChI is InChI=1S/C19H19F3N2O4S/c1-12(13-2-4-17(21)18(22)10-13)23-19(25)15-11-14(3-5-16(15)20)29(26,27)24-6-8-28-9-7-24/h2-5,10-12H,6-9H2,1H3,(H,23,25). The summed E-state index contributed by atoms with van der Waals surface area (Å²) in [6.45, 7) is 2.33. The molecule has 1 saturated heterocycles. The summed E-state index contributed by atoms with van der Waals surface area (Å²) in [5.41, 5.74) is -0.191. The Morgan fingerprint density at radius 1 is 1.03 bits per heavy atom. The highest BCUT2D eigenvalue weighted by molar-refractivity contribution is 7.89. The SMILES string of the molecule is CC(NC(=O)c1cc(S(=O)(=O)N2CCOCC2)ccc1F)c1ccc(F)c(F)c1. The van der Waals surface area contributed by atoms with Crippen molar-refractivity contribution in [3.05, 3.63) is 65.0 Å². The summed E-state index contributed by atoms with van der Waals surface area (Å²) >= 11 is 0. The van der Waals surface area contributed by atoms with Crippen LogP contribution in [0.5, 0.6) is 0 Å². The second-order valence-electron chi connectivity index (χ2n) is 6.53. The molecule has 3 rings (SSSR count). The van der Waals surface area contributed by atoms with Gasteiger partial charge in [0.2, 0.25) is 10.0 Å². The minimum atomic E-state index is -3.91. The number of sulfonamides is 1. The number of carbonyl (C=O) groups is 1. The number of morpholine rings is 1. The lowest BCUT2D eigenvalue weighted by Crippen LogP contribution is -2.40. The number of halogens is 3. The van der Waals surface area contributed by atoms with Gasteiger partial charge < -0.3 is 10.1 Å². The van der Waals surface area contributed by atoms with Crippen LogP contribution in [0, 0.1) is 17.5 Å². The molecule has 2 aromatic carbocycles. The lowest BCUT2D eigenvalue weighted by Gasteiger charge is -2.26. The zero-order chi connectivity index (χ0) is 21.2. The molecular weight excluding hydrogens is 409 g/mol. The van der Waals surface area contributed by atoms with Crippen LogP contribution < -0.4 is 5.32 Å². The third-order valence-electron chi connectivity index (χ3n) is 4.58. The first kappa shape index (κ1) is 21.3. The monoisotopic (exact) mass is 428 g/mol. The second-order valence-corrected chi connectivity index (χ2v) is 8.46. The molecule has 0 spiro atoms. The van der Waals surface area contributed by atoms with E-state index < -0.39 is 45.0 Å². The fraction of sp³-hybridized carbons (Fsp3) is 0.316. The molecule has 1 N–H and O–H groups in total. The van der Waals surface area contributed by atoms with Gasteiger partial charge in [-0.2, -0.15) is 4.31 Å². The Balaban J connectivity index is 1.83. The van der Waals surface area contributed by atoms with Crippen LogP contribution in [0.25, 0.3) is 0 Å². The van der Waals surface area contributed by atoms with Gasteiger partial charge in [-0.05, 0) is 42.8 Å². The quantitative estimate of drug-likeness (QED) is 0.795. The van der Waals surface area contributed by atoms with Gasteiger partial charge in [-0.25, -0.2) is 21.6 Å². The van der Waals surface area contributed by atoms with E-state index in [9.17, 15) is 26.4 Å². The predicted molar refractivity (Wildman–Crippen MR) is 98.2 cm³/mol. The average molecular weight is 428 g/mol. The van der Waals surface area contributed by atoms with E-state index >= 15 is 0 Å². The fourth-order valence-corrected chi connectivity index (χ4v) is 4.35. The number of hydrogen-bond donors (Lipinski definition) is 1. The highest BCUT2D eigenvalue weighted by Crippen LogP contribution is 2.22. The van der Waals surface area contributed by atoms with E-state index in [-0.39, 0.29) is 36.8 Å². The van der Waals surface area contributed by atoms with Gasteiger partial charge in [-0.3, -0.25) is 4.79 Å². The highest BCUT2D eigenvalue weighted by Gasteiger charge is 2.28. The van der Waals surface area contributed by atoms with Crippen LogP contribution in [-0.4, -0.2) is 44.9 Å². The number of nitrogens with one attached hydrogen (secondary N) is 1. The van der Waals surface area contributed by atoms with Crippen LogP contribution in [0.15, 0.2) is 41.3 Å². The molecule has 6 nitrogen and oxygen atoms in total. The Bertz CT molecular complexity index is 1020. The lowest BCUT2D eigenvalue weighted by molar-refractivity contribution is 0.0730. The Hall–Kier alpha value is -2.43. The smallest absolute Gasteiger partial charge is 0.254 e. The summed E-state index contributed by atoms with van der Waals surface area (Å²) in [5, 5.41) is 2.46. The van der Waals surface area contributed by atoms with Gasteiger partial charge in [0, 0.05) is 13.1 Å². The molecule has 0 aliphatic carbocycles. The normalized spacial score (nSPS) is 16.4. The molecule has 1 atom stereocenters. The van der Waals surface area contributed by atoms with Crippen molar-refractivity contribution < 1.29 is 31.1 Å². The average Bonchev–Trinajstić information content (AvgIpc) is 2.70. The molecule has 29 heavy (non-hydrogen) atoms. The van der Waals surface area contributed by atoms with Crippen molar-refractivity contribution in [3.63, 3.8) is 0 Å². The zero-order valence-electron chi connectivity index (χ0n) is 15.5. The Labute approximate surface area is 166 Å². The number of benzene rings is 2. The molecule has 10 heteroatoms. The van der Waals surface area contributed by atoms with Gasteiger partial charge in [-0.15, -0.1) is 0 Å². The molecule has 1 fully saturated rings. The molecule has 1 heterocycles. The second kappa shape index (κ2) is 8.52. The summed E-state index contributed by atoms with van der Waals surface area (Å²) < 4.78 is 72.5. The number of carbonyl (C=O) groups excluding carboxylic acids is 1. The maximum atomic E-state index is 14.2. The largest absolute Gasteiger partial charge is 0.379 e. The number of rotatable bonds is 5. The molecule has 1 amide bonds. The Kier molecular flexibility index (Phi) is 6.25. The van der Waals surface area contributed by atoms with Crippen molar-refractivity contribution in [2.24, 2.45) is 0 Å². The van der Waals surface area contributed by atoms with E-state index in [1.54, 1.807) is 0 Å². The molecular formula is C19H19F3N2O4S. The van der Waals surface area contributed by atoms with E-state index in [1.807, 2.05) is 0 Å². The lowest BCUT2D eigenvalue weighted by atomic mass is 10.1. The first-order valence-electron chi connectivity index (χ1n) is 8.83. The van der Waals surface area contributed by atoms with Gasteiger partial charge in [0.05, 0.1) is 29.7 Å². The fourth-order valence-electron chi connectivity index (χ4n) is 2.91. The van der Waals surface area contributed by atoms with Gasteiger partial charge in [0.25, 0.3) is 5.91 Å². The minimum absolute atomic E-state index is 0.161. The molecule has 1 aliphatic heterocycles. The van der Waals surface area contributed by atoms with Gasteiger partial charge in [0.1, 0.15) is 5.82 Å². The van der Waals surface area contributed by atoms with E-state index in [2.05, 4.69) is 5.32 Å². The first-order valence-corrected chi connectivity index (χ1v) is 10.3. The van der Waals surface area contributed by atoms with Gasteiger partial charge >= 0.3 is 0 Å². The highest BCUT2D eigenvalue weighted by atomic mass is 32.2. The van der Waals surface area contributed by atoms with Crippen molar-refractivity contribution in [2.75, 3.05) is 26.3 Å². The van der Waals surface area contributed by atoms with Crippen molar-refractivity contribution in [1.82, 2.24) is 9.62 Å². The molecule has 0 bridgehead atoms. The van der Waals surface area contributed by atoms with E-state index in [0.29, 0.717) is 0 Å². The molecule has 0 saturated carbocycles. The molecule has 156 valence electrons. The van der Waals surface area contributed by atoms with E-state index in [1.165, 1.54) is 17.3 Å². The molecule has 0 aromatic heterocycles. The topological polar surface area (TPSA) is 75.7 Å². The van der Waals surface area contributed by atoms with Gasteiger partial charge in [-0.1, -0.05) is 6.07 Å². The van der Waals surface area contributed by atoms with Gasteiger partial charge in [0.15, 0.2) is 11.6 Å². The van der Waals surface area contributed by atoms with E-state index in [0.717, 1.165) is 30.3 Å². The number of nitrogens with zero attached hydrogens (tertiary/aromatic N) is 1. The zero-order valence-corrected chi connectivity index (χ0v) is 16.3. The van der Waals surface area contributed by atoms with Crippen LogP contribution >= 0.6 is 0 Å². The van der Waals surface area contributed by atoms with Crippen LogP contribution in [0.1, 0.15) is 28.9 Å². The third-order valence-corrected chi connectivity index (χ3v) is 6.48. The number of amides is 1. The summed E-state index contributed by atoms with van der Waals surface area (Å²) in [6.07, 6.45) is 0. The summed E-state index contributed by atoms with van der Waals surface area (Å²) in [4.78, 5) is 12.3. The molecule has 0 radical (unpaired) electrons. The van der Waals surface area contributed by atoms with Crippen LogP contribution in [0.4, 0.5) is 13.2 Å².